The molecule has 1 heterocycles. The highest BCUT2D eigenvalue weighted by atomic mass is 14.9. The van der Waals surface area contributed by atoms with Crippen LogP contribution in [0.5, 0.6) is 0 Å². The standard InChI is InChI=1S/C13H13N5/c1-9-5-11(13-6-16-10(2)18-13)3-4-12(9)17-8-15-7-14/h3-6,8H,1-2H3,(H,15,17)(H,16,18). The van der Waals surface area contributed by atoms with Crippen LogP contribution in [-0.2, 0) is 0 Å². The topological polar surface area (TPSA) is 76.9 Å². The van der Waals surface area contributed by atoms with Crippen molar-refractivity contribution < 1.29 is 0 Å². The van der Waals surface area contributed by atoms with Gasteiger partial charge in [0.15, 0.2) is 6.19 Å². The number of aryl methyl sites for hydroxylation is 2. The average molecular weight is 239 g/mol. The second kappa shape index (κ2) is 5.15. The van der Waals surface area contributed by atoms with Gasteiger partial charge in [0.1, 0.15) is 12.2 Å². The van der Waals surface area contributed by atoms with E-state index < -0.39 is 0 Å². The van der Waals surface area contributed by atoms with Crippen molar-refractivity contribution in [3.05, 3.63) is 35.8 Å². The highest BCUT2D eigenvalue weighted by Gasteiger charge is 2.03. The number of H-pyrrole nitrogens is 1. The Morgan fingerprint density at radius 2 is 2.28 bits per heavy atom. The summed E-state index contributed by atoms with van der Waals surface area (Å²) in [5, 5.41) is 10.7. The zero-order chi connectivity index (χ0) is 13.0. The highest BCUT2D eigenvalue weighted by Crippen LogP contribution is 2.25. The van der Waals surface area contributed by atoms with Gasteiger partial charge in [-0.05, 0) is 31.5 Å². The fourth-order valence-corrected chi connectivity index (χ4v) is 1.66. The third-order valence-corrected chi connectivity index (χ3v) is 2.53. The van der Waals surface area contributed by atoms with E-state index in [1.807, 2.05) is 38.2 Å². The number of aromatic amines is 1. The van der Waals surface area contributed by atoms with Crippen LogP contribution in [0.25, 0.3) is 11.3 Å². The lowest BCUT2D eigenvalue weighted by Gasteiger charge is -2.02. The van der Waals surface area contributed by atoms with E-state index in [1.54, 1.807) is 6.19 Å². The van der Waals surface area contributed by atoms with E-state index in [0.29, 0.717) is 0 Å². The summed E-state index contributed by atoms with van der Waals surface area (Å²) >= 11 is 0. The maximum absolute atomic E-state index is 8.34. The summed E-state index contributed by atoms with van der Waals surface area (Å²) in [5.74, 6) is 0.892. The lowest BCUT2D eigenvalue weighted by atomic mass is 10.1. The van der Waals surface area contributed by atoms with Crippen LogP contribution in [0.2, 0.25) is 0 Å². The summed E-state index contributed by atoms with van der Waals surface area (Å²) in [6.07, 6.45) is 5.04. The number of imidazole rings is 1. The van der Waals surface area contributed by atoms with Gasteiger partial charge >= 0.3 is 0 Å². The molecule has 0 aliphatic rings. The van der Waals surface area contributed by atoms with Crippen LogP contribution in [0.1, 0.15) is 11.4 Å². The maximum Gasteiger partial charge on any atom is 0.182 e. The van der Waals surface area contributed by atoms with Crippen molar-refractivity contribution in [3.63, 3.8) is 0 Å². The molecular weight excluding hydrogens is 226 g/mol. The van der Waals surface area contributed by atoms with Crippen molar-refractivity contribution >= 4 is 12.0 Å². The molecule has 0 radical (unpaired) electrons. The third kappa shape index (κ3) is 2.55. The minimum atomic E-state index is 0.828. The normalized spacial score (nSPS) is 10.5. The fourth-order valence-electron chi connectivity index (χ4n) is 1.66. The van der Waals surface area contributed by atoms with Crippen molar-refractivity contribution in [1.82, 2.24) is 15.3 Å². The summed E-state index contributed by atoms with van der Waals surface area (Å²) in [6.45, 7) is 3.89. The van der Waals surface area contributed by atoms with Crippen molar-refractivity contribution in [2.75, 3.05) is 0 Å². The van der Waals surface area contributed by atoms with Crippen molar-refractivity contribution in [2.45, 2.75) is 13.8 Å². The number of aromatic nitrogens is 2. The Morgan fingerprint density at radius 3 is 2.89 bits per heavy atom. The molecule has 1 aromatic heterocycles. The Kier molecular flexibility index (Phi) is 3.39. The van der Waals surface area contributed by atoms with Gasteiger partial charge in [0.2, 0.25) is 0 Å². The van der Waals surface area contributed by atoms with E-state index in [1.165, 1.54) is 6.34 Å². The lowest BCUT2D eigenvalue weighted by Crippen LogP contribution is -1.99. The van der Waals surface area contributed by atoms with E-state index in [4.69, 9.17) is 5.26 Å². The third-order valence-electron chi connectivity index (χ3n) is 2.53. The van der Waals surface area contributed by atoms with Gasteiger partial charge in [0.25, 0.3) is 0 Å². The van der Waals surface area contributed by atoms with Gasteiger partial charge in [-0.2, -0.15) is 5.26 Å². The van der Waals surface area contributed by atoms with Gasteiger partial charge < -0.3 is 4.98 Å². The molecular formula is C13H13N5. The zero-order valence-electron chi connectivity index (χ0n) is 10.2. The van der Waals surface area contributed by atoms with Crippen molar-refractivity contribution in [3.8, 4) is 17.5 Å². The predicted octanol–water partition coefficient (Wildman–Crippen LogP) is 2.42. The minimum absolute atomic E-state index is 0.828. The van der Waals surface area contributed by atoms with E-state index in [-0.39, 0.29) is 0 Å². The van der Waals surface area contributed by atoms with Crippen LogP contribution >= 0.6 is 0 Å². The first-order valence-electron chi connectivity index (χ1n) is 5.51. The number of hydrogen-bond acceptors (Lipinski definition) is 3. The summed E-state index contributed by atoms with van der Waals surface area (Å²) in [7, 11) is 0. The van der Waals surface area contributed by atoms with Crippen LogP contribution in [-0.4, -0.2) is 16.3 Å². The number of nitriles is 1. The van der Waals surface area contributed by atoms with Gasteiger partial charge in [0, 0.05) is 11.8 Å². The molecule has 90 valence electrons. The monoisotopic (exact) mass is 239 g/mol. The second-order valence-electron chi connectivity index (χ2n) is 3.89. The summed E-state index contributed by atoms with van der Waals surface area (Å²) < 4.78 is 0. The molecule has 0 bridgehead atoms. The number of rotatable bonds is 3. The first-order chi connectivity index (χ1) is 8.70. The molecule has 5 nitrogen and oxygen atoms in total. The molecule has 0 saturated heterocycles. The van der Waals surface area contributed by atoms with E-state index in [9.17, 15) is 0 Å². The first kappa shape index (κ1) is 11.9. The van der Waals surface area contributed by atoms with Gasteiger partial charge in [-0.15, -0.1) is 0 Å². The lowest BCUT2D eigenvalue weighted by molar-refractivity contribution is 1.15. The zero-order valence-corrected chi connectivity index (χ0v) is 10.2. The SMILES string of the molecule is Cc1nc(-c2ccc(/N=C/NC#N)c(C)c2)c[nH]1. The predicted molar refractivity (Wildman–Crippen MR) is 70.4 cm³/mol. The molecule has 0 aliphatic heterocycles. The maximum atomic E-state index is 8.34. The number of nitrogens with zero attached hydrogens (tertiary/aromatic N) is 3. The molecule has 2 aromatic rings. The Hall–Kier alpha value is -2.61. The largest absolute Gasteiger partial charge is 0.348 e. The number of nitrogens with one attached hydrogen (secondary N) is 2. The molecule has 5 heteroatoms. The molecule has 0 unspecified atom stereocenters. The Bertz CT molecular complexity index is 619. The highest BCUT2D eigenvalue weighted by molar-refractivity contribution is 5.68. The molecule has 1 aromatic carbocycles. The molecule has 0 fully saturated rings. The van der Waals surface area contributed by atoms with Gasteiger partial charge in [0.05, 0.1) is 11.4 Å². The van der Waals surface area contributed by atoms with Gasteiger partial charge in [-0.3, -0.25) is 5.32 Å². The molecule has 0 spiro atoms. The first-order valence-corrected chi connectivity index (χ1v) is 5.51. The smallest absolute Gasteiger partial charge is 0.182 e. The van der Waals surface area contributed by atoms with Crippen LogP contribution < -0.4 is 5.32 Å². The van der Waals surface area contributed by atoms with E-state index in [2.05, 4.69) is 20.3 Å². The Morgan fingerprint density at radius 1 is 1.44 bits per heavy atom. The second-order valence-corrected chi connectivity index (χ2v) is 3.89. The van der Waals surface area contributed by atoms with Crippen molar-refractivity contribution in [1.29, 1.82) is 5.26 Å². The molecule has 0 aliphatic carbocycles. The van der Waals surface area contributed by atoms with Crippen molar-refractivity contribution in [2.24, 2.45) is 4.99 Å². The van der Waals surface area contributed by atoms with E-state index in [0.717, 1.165) is 28.3 Å². The molecule has 0 amide bonds. The van der Waals surface area contributed by atoms with Crippen LogP contribution in [0.15, 0.2) is 29.4 Å². The minimum Gasteiger partial charge on any atom is -0.348 e. The van der Waals surface area contributed by atoms with Gasteiger partial charge in [-0.1, -0.05) is 6.07 Å². The molecule has 2 N–H and O–H groups in total. The average Bonchev–Trinajstić information content (AvgIpc) is 2.78. The number of hydrogen-bond donors (Lipinski definition) is 2. The molecule has 0 atom stereocenters. The Labute approximate surface area is 105 Å². The van der Waals surface area contributed by atoms with E-state index >= 15 is 0 Å². The Balaban J connectivity index is 2.28. The molecule has 18 heavy (non-hydrogen) atoms. The van der Waals surface area contributed by atoms with Crippen LogP contribution in [0.4, 0.5) is 5.69 Å². The molecule has 2 rings (SSSR count). The summed E-state index contributed by atoms with van der Waals surface area (Å²) in [6, 6.07) is 5.89. The van der Waals surface area contributed by atoms with Crippen LogP contribution in [0.3, 0.4) is 0 Å². The van der Waals surface area contributed by atoms with Gasteiger partial charge in [-0.25, -0.2) is 9.98 Å². The summed E-state index contributed by atoms with van der Waals surface area (Å²) in [5.41, 5.74) is 3.82. The number of aliphatic imine (C=N–C) groups is 1. The summed E-state index contributed by atoms with van der Waals surface area (Å²) in [4.78, 5) is 11.6. The quantitative estimate of drug-likeness (QED) is 0.374. The fraction of sp³-hybridized carbons (Fsp3) is 0.154. The molecule has 0 saturated carbocycles. The number of benzene rings is 1. The van der Waals surface area contributed by atoms with Crippen LogP contribution in [0, 0.1) is 25.3 Å².